The molecule has 2 aromatic carbocycles. The molecule has 0 atom stereocenters. The predicted molar refractivity (Wildman–Crippen MR) is 86.8 cm³/mol. The lowest BCUT2D eigenvalue weighted by Crippen LogP contribution is -2.14. The maximum atomic E-state index is 13.7. The third-order valence-electron chi connectivity index (χ3n) is 2.87. The van der Waals surface area contributed by atoms with E-state index in [0.29, 0.717) is 4.47 Å². The number of nitro groups is 2. The lowest BCUT2D eigenvalue weighted by atomic mass is 10.1. The van der Waals surface area contributed by atoms with Gasteiger partial charge in [0.05, 0.1) is 21.1 Å². The van der Waals surface area contributed by atoms with E-state index in [-0.39, 0.29) is 5.69 Å². The Labute approximate surface area is 146 Å². The number of hydrogen-bond donors (Lipinski definition) is 1. The van der Waals surface area contributed by atoms with E-state index < -0.39 is 43.5 Å². The van der Waals surface area contributed by atoms with E-state index in [4.69, 9.17) is 11.6 Å². The molecule has 1 amide bonds. The summed E-state index contributed by atoms with van der Waals surface area (Å²) in [5.41, 5.74) is -2.19. The number of carbonyl (C=O) groups excluding carboxylic acids is 1. The Morgan fingerprint density at radius 3 is 2.12 bits per heavy atom. The van der Waals surface area contributed by atoms with Gasteiger partial charge in [-0.05, 0) is 18.2 Å². The summed E-state index contributed by atoms with van der Waals surface area (Å²) in [6, 6.07) is 5.38. The second-order valence-corrected chi connectivity index (χ2v) is 5.71. The van der Waals surface area contributed by atoms with Crippen LogP contribution in [0.3, 0.4) is 0 Å². The molecule has 0 saturated heterocycles. The quantitative estimate of drug-likeness (QED) is 0.587. The largest absolute Gasteiger partial charge is 0.319 e. The van der Waals surface area contributed by atoms with E-state index in [1.807, 2.05) is 0 Å². The van der Waals surface area contributed by atoms with E-state index >= 15 is 0 Å². The van der Waals surface area contributed by atoms with Gasteiger partial charge in [0.15, 0.2) is 5.02 Å². The SMILES string of the molecule is O=C(Nc1ccc(Br)cc1F)c1cc([N+](=O)[O-])c(Cl)c([N+](=O)[O-])c1. The van der Waals surface area contributed by atoms with Crippen molar-refractivity contribution in [1.29, 1.82) is 0 Å². The van der Waals surface area contributed by atoms with Crippen LogP contribution in [0.5, 0.6) is 0 Å². The summed E-state index contributed by atoms with van der Waals surface area (Å²) in [6.07, 6.45) is 0. The fourth-order valence-corrected chi connectivity index (χ4v) is 2.36. The molecule has 0 heterocycles. The van der Waals surface area contributed by atoms with Crippen molar-refractivity contribution >= 4 is 50.5 Å². The lowest BCUT2D eigenvalue weighted by molar-refractivity contribution is -0.393. The average molecular weight is 419 g/mol. The minimum absolute atomic E-state index is 0.191. The van der Waals surface area contributed by atoms with Gasteiger partial charge >= 0.3 is 0 Å². The van der Waals surface area contributed by atoms with Gasteiger partial charge in [-0.1, -0.05) is 27.5 Å². The molecular weight excluding hydrogens is 413 g/mol. The number of rotatable bonds is 4. The Morgan fingerprint density at radius 2 is 1.67 bits per heavy atom. The first-order valence-electron chi connectivity index (χ1n) is 6.09. The van der Waals surface area contributed by atoms with Gasteiger partial charge in [-0.15, -0.1) is 0 Å². The van der Waals surface area contributed by atoms with E-state index in [2.05, 4.69) is 21.2 Å². The molecule has 0 unspecified atom stereocenters. The highest BCUT2D eigenvalue weighted by Gasteiger charge is 2.27. The van der Waals surface area contributed by atoms with Gasteiger partial charge in [0.25, 0.3) is 17.3 Å². The maximum absolute atomic E-state index is 13.7. The van der Waals surface area contributed by atoms with Crippen LogP contribution in [-0.4, -0.2) is 15.8 Å². The molecule has 0 fully saturated rings. The van der Waals surface area contributed by atoms with Crippen LogP contribution in [-0.2, 0) is 0 Å². The van der Waals surface area contributed by atoms with Crippen molar-refractivity contribution in [3.8, 4) is 0 Å². The van der Waals surface area contributed by atoms with Crippen molar-refractivity contribution in [2.45, 2.75) is 0 Å². The number of benzene rings is 2. The smallest absolute Gasteiger partial charge is 0.295 e. The zero-order chi connectivity index (χ0) is 18.0. The summed E-state index contributed by atoms with van der Waals surface area (Å²) in [5.74, 6) is -1.71. The molecular formula is C13H6BrClFN3O5. The van der Waals surface area contributed by atoms with Crippen molar-refractivity contribution in [3.63, 3.8) is 0 Å². The highest BCUT2D eigenvalue weighted by Crippen LogP contribution is 2.35. The van der Waals surface area contributed by atoms with Gasteiger partial charge in [-0.2, -0.15) is 0 Å². The summed E-state index contributed by atoms with van der Waals surface area (Å²) >= 11 is 8.65. The summed E-state index contributed by atoms with van der Waals surface area (Å²) in [4.78, 5) is 32.1. The number of carbonyl (C=O) groups is 1. The monoisotopic (exact) mass is 417 g/mol. The van der Waals surface area contributed by atoms with Crippen LogP contribution in [0.2, 0.25) is 5.02 Å². The van der Waals surface area contributed by atoms with Crippen LogP contribution in [0, 0.1) is 26.0 Å². The molecule has 0 spiro atoms. The van der Waals surface area contributed by atoms with Crippen molar-refractivity contribution in [2.75, 3.05) is 5.32 Å². The number of halogens is 3. The molecule has 0 aliphatic heterocycles. The highest BCUT2D eigenvalue weighted by molar-refractivity contribution is 9.10. The van der Waals surface area contributed by atoms with Gasteiger partial charge in [-0.3, -0.25) is 25.0 Å². The Hall–Kier alpha value is -2.59. The number of nitrogens with one attached hydrogen (secondary N) is 1. The van der Waals surface area contributed by atoms with Gasteiger partial charge in [-0.25, -0.2) is 4.39 Å². The van der Waals surface area contributed by atoms with E-state index in [1.54, 1.807) is 0 Å². The molecule has 24 heavy (non-hydrogen) atoms. The number of nitro benzene ring substituents is 2. The van der Waals surface area contributed by atoms with Gasteiger partial charge in [0.2, 0.25) is 0 Å². The van der Waals surface area contributed by atoms with Crippen LogP contribution in [0.1, 0.15) is 10.4 Å². The Bertz CT molecular complexity index is 842. The summed E-state index contributed by atoms with van der Waals surface area (Å²) in [7, 11) is 0. The molecule has 0 saturated carbocycles. The first kappa shape index (κ1) is 17.8. The van der Waals surface area contributed by atoms with Crippen molar-refractivity contribution in [2.24, 2.45) is 0 Å². The molecule has 0 aromatic heterocycles. The molecule has 0 aliphatic rings. The second-order valence-electron chi connectivity index (χ2n) is 4.42. The predicted octanol–water partition coefficient (Wildman–Crippen LogP) is 4.31. The minimum Gasteiger partial charge on any atom is -0.319 e. The molecule has 124 valence electrons. The molecule has 2 aromatic rings. The standard InChI is InChI=1S/C13H6BrClFN3O5/c14-7-1-2-9(8(16)5-7)17-13(20)6-3-10(18(21)22)12(15)11(4-6)19(23)24/h1-5H,(H,17,20). The fraction of sp³-hybridized carbons (Fsp3) is 0. The van der Waals surface area contributed by atoms with Crippen LogP contribution in [0.25, 0.3) is 0 Å². The van der Waals surface area contributed by atoms with Gasteiger partial charge < -0.3 is 5.32 Å². The van der Waals surface area contributed by atoms with Crippen LogP contribution < -0.4 is 5.32 Å². The van der Waals surface area contributed by atoms with Crippen molar-refractivity contribution in [1.82, 2.24) is 0 Å². The zero-order valence-corrected chi connectivity index (χ0v) is 13.8. The molecule has 1 N–H and O–H groups in total. The summed E-state index contributed by atoms with van der Waals surface area (Å²) in [5, 5.41) is 23.3. The number of amides is 1. The molecule has 8 nitrogen and oxygen atoms in total. The highest BCUT2D eigenvalue weighted by atomic mass is 79.9. The Balaban J connectivity index is 2.45. The van der Waals surface area contributed by atoms with Crippen LogP contribution in [0.15, 0.2) is 34.8 Å². The molecule has 2 rings (SSSR count). The first-order chi connectivity index (χ1) is 11.2. The molecule has 0 aliphatic carbocycles. The lowest BCUT2D eigenvalue weighted by Gasteiger charge is -2.07. The fourth-order valence-electron chi connectivity index (χ4n) is 1.78. The van der Waals surface area contributed by atoms with E-state index in [9.17, 15) is 29.4 Å². The third-order valence-corrected chi connectivity index (χ3v) is 3.75. The zero-order valence-electron chi connectivity index (χ0n) is 11.5. The van der Waals surface area contributed by atoms with Crippen molar-refractivity contribution < 1.29 is 19.0 Å². The number of anilines is 1. The minimum atomic E-state index is -0.959. The summed E-state index contributed by atoms with van der Waals surface area (Å²) < 4.78 is 14.2. The Morgan fingerprint density at radius 1 is 1.12 bits per heavy atom. The average Bonchev–Trinajstić information content (AvgIpc) is 2.49. The molecule has 0 bridgehead atoms. The van der Waals surface area contributed by atoms with E-state index in [1.165, 1.54) is 12.1 Å². The van der Waals surface area contributed by atoms with Crippen LogP contribution >= 0.6 is 27.5 Å². The third kappa shape index (κ3) is 3.66. The molecule has 0 radical (unpaired) electrons. The summed E-state index contributed by atoms with van der Waals surface area (Å²) in [6.45, 7) is 0. The maximum Gasteiger partial charge on any atom is 0.295 e. The Kier molecular flexibility index (Phi) is 5.10. The number of nitrogens with zero attached hydrogens (tertiary/aromatic N) is 2. The topological polar surface area (TPSA) is 115 Å². The van der Waals surface area contributed by atoms with Crippen LogP contribution in [0.4, 0.5) is 21.5 Å². The van der Waals surface area contributed by atoms with E-state index in [0.717, 1.165) is 18.2 Å². The number of hydrogen-bond acceptors (Lipinski definition) is 5. The van der Waals surface area contributed by atoms with Gasteiger partial charge in [0, 0.05) is 16.6 Å². The normalized spacial score (nSPS) is 10.3. The first-order valence-corrected chi connectivity index (χ1v) is 7.26. The molecule has 11 heteroatoms. The van der Waals surface area contributed by atoms with Gasteiger partial charge in [0.1, 0.15) is 5.82 Å². The second kappa shape index (κ2) is 6.89. The van der Waals surface area contributed by atoms with Crippen molar-refractivity contribution in [3.05, 3.63) is 71.4 Å².